The summed E-state index contributed by atoms with van der Waals surface area (Å²) >= 11 is 0. The zero-order valence-corrected chi connectivity index (χ0v) is 18.0. The number of hydrogen-bond acceptors (Lipinski definition) is 4. The van der Waals surface area contributed by atoms with Gasteiger partial charge in [0.15, 0.2) is 6.61 Å². The van der Waals surface area contributed by atoms with Crippen LogP contribution in [0.1, 0.15) is 44.6 Å². The number of para-hydroxylation sites is 1. The standard InChI is InChI=1S/C23H28N2O4S/c1-17-15-18-7-5-6-10-22(18)25(17)23(26)16-29-20-11-13-21(14-12-20)30(27,28)24-19-8-3-2-4-9-19/h5-7,10-14,17,19,24H,2-4,8-9,15-16H2,1H3. The van der Waals surface area contributed by atoms with Gasteiger partial charge in [-0.2, -0.15) is 0 Å². The second kappa shape index (κ2) is 8.78. The molecule has 4 rings (SSSR count). The lowest BCUT2D eigenvalue weighted by Gasteiger charge is -2.23. The largest absolute Gasteiger partial charge is 0.484 e. The monoisotopic (exact) mass is 428 g/mol. The van der Waals surface area contributed by atoms with Crippen LogP contribution >= 0.6 is 0 Å². The Morgan fingerprint density at radius 1 is 1.07 bits per heavy atom. The van der Waals surface area contributed by atoms with Crippen molar-refractivity contribution in [3.05, 3.63) is 54.1 Å². The third-order valence-corrected chi connectivity index (χ3v) is 7.44. The molecule has 7 heteroatoms. The first-order valence-electron chi connectivity index (χ1n) is 10.6. The highest BCUT2D eigenvalue weighted by molar-refractivity contribution is 7.89. The Morgan fingerprint density at radius 3 is 2.50 bits per heavy atom. The first kappa shape index (κ1) is 20.9. The molecular formula is C23H28N2O4S. The number of amides is 1. The predicted octanol–water partition coefficient (Wildman–Crippen LogP) is 3.65. The molecule has 1 fully saturated rings. The van der Waals surface area contributed by atoms with E-state index in [0.717, 1.165) is 37.8 Å². The maximum absolute atomic E-state index is 12.7. The third kappa shape index (κ3) is 4.52. The van der Waals surface area contributed by atoms with Crippen LogP contribution in [0.4, 0.5) is 5.69 Å². The number of carbonyl (C=O) groups is 1. The van der Waals surface area contributed by atoms with Crippen molar-refractivity contribution in [3.63, 3.8) is 0 Å². The molecule has 0 spiro atoms. The summed E-state index contributed by atoms with van der Waals surface area (Å²) in [6.45, 7) is 1.93. The van der Waals surface area contributed by atoms with Crippen LogP contribution < -0.4 is 14.4 Å². The molecule has 2 aromatic carbocycles. The van der Waals surface area contributed by atoms with Gasteiger partial charge in [0.05, 0.1) is 4.90 Å². The normalized spacial score (nSPS) is 19.5. The van der Waals surface area contributed by atoms with Gasteiger partial charge in [0, 0.05) is 17.8 Å². The molecule has 1 heterocycles. The summed E-state index contributed by atoms with van der Waals surface area (Å²) in [6.07, 6.45) is 5.91. The van der Waals surface area contributed by atoms with Crippen LogP contribution in [0, 0.1) is 0 Å². The van der Waals surface area contributed by atoms with Gasteiger partial charge in [-0.05, 0) is 62.1 Å². The minimum atomic E-state index is -3.54. The van der Waals surface area contributed by atoms with Crippen molar-refractivity contribution in [1.82, 2.24) is 4.72 Å². The second-order valence-corrected chi connectivity index (χ2v) is 9.88. The van der Waals surface area contributed by atoms with Crippen LogP contribution in [0.25, 0.3) is 0 Å². The van der Waals surface area contributed by atoms with Crippen molar-refractivity contribution < 1.29 is 17.9 Å². The molecule has 0 radical (unpaired) electrons. The number of ether oxygens (including phenoxy) is 1. The van der Waals surface area contributed by atoms with Crippen molar-refractivity contribution in [2.75, 3.05) is 11.5 Å². The molecule has 30 heavy (non-hydrogen) atoms. The lowest BCUT2D eigenvalue weighted by Crippen LogP contribution is -2.39. The highest BCUT2D eigenvalue weighted by Gasteiger charge is 2.30. The lowest BCUT2D eigenvalue weighted by atomic mass is 9.96. The average molecular weight is 429 g/mol. The summed E-state index contributed by atoms with van der Waals surface area (Å²) in [6, 6.07) is 14.3. The minimum absolute atomic E-state index is 0.0163. The highest BCUT2D eigenvalue weighted by atomic mass is 32.2. The van der Waals surface area contributed by atoms with E-state index in [0.29, 0.717) is 5.75 Å². The summed E-state index contributed by atoms with van der Waals surface area (Å²) in [4.78, 5) is 14.7. The van der Waals surface area contributed by atoms with Crippen molar-refractivity contribution in [2.45, 2.75) is 62.4 Å². The van der Waals surface area contributed by atoms with E-state index in [-0.39, 0.29) is 29.5 Å². The molecule has 2 aromatic rings. The Balaban J connectivity index is 1.36. The van der Waals surface area contributed by atoms with Gasteiger partial charge >= 0.3 is 0 Å². The highest BCUT2D eigenvalue weighted by Crippen LogP contribution is 2.32. The quantitative estimate of drug-likeness (QED) is 0.762. The van der Waals surface area contributed by atoms with Crippen molar-refractivity contribution in [2.24, 2.45) is 0 Å². The van der Waals surface area contributed by atoms with Gasteiger partial charge in [-0.25, -0.2) is 13.1 Å². The molecular weight excluding hydrogens is 400 g/mol. The number of nitrogens with one attached hydrogen (secondary N) is 1. The zero-order valence-electron chi connectivity index (χ0n) is 17.2. The van der Waals surface area contributed by atoms with Crippen molar-refractivity contribution in [3.8, 4) is 5.75 Å². The van der Waals surface area contributed by atoms with E-state index in [9.17, 15) is 13.2 Å². The van der Waals surface area contributed by atoms with Gasteiger partial charge in [0.2, 0.25) is 10.0 Å². The predicted molar refractivity (Wildman–Crippen MR) is 116 cm³/mol. The first-order valence-corrected chi connectivity index (χ1v) is 12.1. The van der Waals surface area contributed by atoms with E-state index < -0.39 is 10.0 Å². The van der Waals surface area contributed by atoms with Gasteiger partial charge in [-0.15, -0.1) is 0 Å². The number of anilines is 1. The fourth-order valence-electron chi connectivity index (χ4n) is 4.38. The lowest BCUT2D eigenvalue weighted by molar-refractivity contribution is -0.120. The molecule has 6 nitrogen and oxygen atoms in total. The number of sulfonamides is 1. The molecule has 1 N–H and O–H groups in total. The molecule has 1 saturated carbocycles. The van der Waals surface area contributed by atoms with E-state index in [1.165, 1.54) is 24.1 Å². The number of nitrogens with zero attached hydrogens (tertiary/aromatic N) is 1. The van der Waals surface area contributed by atoms with Gasteiger partial charge < -0.3 is 9.64 Å². The maximum atomic E-state index is 12.7. The van der Waals surface area contributed by atoms with Crippen LogP contribution in [0.5, 0.6) is 5.75 Å². The van der Waals surface area contributed by atoms with E-state index in [4.69, 9.17) is 4.74 Å². The fraction of sp³-hybridized carbons (Fsp3) is 0.435. The van der Waals surface area contributed by atoms with Crippen LogP contribution in [-0.2, 0) is 21.2 Å². The maximum Gasteiger partial charge on any atom is 0.265 e. The number of hydrogen-bond donors (Lipinski definition) is 1. The third-order valence-electron chi connectivity index (χ3n) is 5.90. The molecule has 160 valence electrons. The smallest absolute Gasteiger partial charge is 0.265 e. The average Bonchev–Trinajstić information content (AvgIpc) is 3.08. The fourth-order valence-corrected chi connectivity index (χ4v) is 5.69. The SMILES string of the molecule is CC1Cc2ccccc2N1C(=O)COc1ccc(S(=O)(=O)NC2CCCCC2)cc1. The number of fused-ring (bicyclic) bond motifs is 1. The number of carbonyl (C=O) groups excluding carboxylic acids is 1. The zero-order chi connectivity index (χ0) is 21.1. The Hall–Kier alpha value is -2.38. The van der Waals surface area contributed by atoms with E-state index >= 15 is 0 Å². The summed E-state index contributed by atoms with van der Waals surface area (Å²) in [5.41, 5.74) is 2.10. The molecule has 1 aliphatic heterocycles. The second-order valence-electron chi connectivity index (χ2n) is 8.16. The van der Waals surface area contributed by atoms with E-state index in [1.807, 2.05) is 31.2 Å². The van der Waals surface area contributed by atoms with Gasteiger partial charge in [-0.3, -0.25) is 4.79 Å². The Labute approximate surface area is 178 Å². The molecule has 1 aliphatic carbocycles. The summed E-state index contributed by atoms with van der Waals surface area (Å²) in [5.74, 6) is 0.364. The molecule has 0 bridgehead atoms. The van der Waals surface area contributed by atoms with Crippen molar-refractivity contribution >= 4 is 21.6 Å². The van der Waals surface area contributed by atoms with Crippen LogP contribution in [0.2, 0.25) is 0 Å². The van der Waals surface area contributed by atoms with Crippen LogP contribution in [0.3, 0.4) is 0 Å². The topological polar surface area (TPSA) is 75.7 Å². The van der Waals surface area contributed by atoms with Gasteiger partial charge in [0.25, 0.3) is 5.91 Å². The van der Waals surface area contributed by atoms with Crippen molar-refractivity contribution in [1.29, 1.82) is 0 Å². The Morgan fingerprint density at radius 2 is 1.77 bits per heavy atom. The molecule has 0 saturated heterocycles. The molecule has 0 aromatic heterocycles. The Kier molecular flexibility index (Phi) is 6.11. The summed E-state index contributed by atoms with van der Waals surface area (Å²) < 4.78 is 33.6. The van der Waals surface area contributed by atoms with E-state index in [1.54, 1.807) is 17.0 Å². The van der Waals surface area contributed by atoms with Gasteiger partial charge in [-0.1, -0.05) is 37.5 Å². The van der Waals surface area contributed by atoms with Crippen LogP contribution in [-0.4, -0.2) is 33.0 Å². The number of rotatable bonds is 6. The molecule has 2 aliphatic rings. The summed E-state index contributed by atoms with van der Waals surface area (Å²) in [7, 11) is -3.54. The van der Waals surface area contributed by atoms with Gasteiger partial charge in [0.1, 0.15) is 5.75 Å². The first-order chi connectivity index (χ1) is 14.4. The molecule has 1 atom stereocenters. The Bertz CT molecular complexity index is 998. The van der Waals surface area contributed by atoms with Crippen LogP contribution in [0.15, 0.2) is 53.4 Å². The summed E-state index contributed by atoms with van der Waals surface area (Å²) in [5, 5.41) is 0. The minimum Gasteiger partial charge on any atom is -0.484 e. The van der Waals surface area contributed by atoms with E-state index in [2.05, 4.69) is 4.72 Å². The molecule has 1 unspecified atom stereocenters. The molecule has 1 amide bonds. The number of benzene rings is 2.